The largest absolute Gasteiger partial charge is 0.497 e. The number of ether oxygens (including phenoxy) is 1. The van der Waals surface area contributed by atoms with Gasteiger partial charge in [0.15, 0.2) is 0 Å². The van der Waals surface area contributed by atoms with Crippen molar-refractivity contribution < 1.29 is 4.74 Å². The molecule has 90 valence electrons. The molecule has 0 aliphatic heterocycles. The molecule has 0 radical (unpaired) electrons. The van der Waals surface area contributed by atoms with E-state index in [0.717, 1.165) is 23.4 Å². The second-order valence-electron chi connectivity index (χ2n) is 3.61. The Hall–Kier alpha value is -1.50. The van der Waals surface area contributed by atoms with Crippen LogP contribution >= 0.6 is 11.7 Å². The summed E-state index contributed by atoms with van der Waals surface area (Å²) < 4.78 is 13.3. The lowest BCUT2D eigenvalue weighted by atomic mass is 10.0. The van der Waals surface area contributed by atoms with Gasteiger partial charge < -0.3 is 4.74 Å². The van der Waals surface area contributed by atoms with Crippen LogP contribution in [0.25, 0.3) is 0 Å². The summed E-state index contributed by atoms with van der Waals surface area (Å²) in [5.41, 5.74) is 4.75. The first-order valence-electron chi connectivity index (χ1n) is 5.20. The van der Waals surface area contributed by atoms with Crippen LogP contribution < -0.4 is 16.0 Å². The Morgan fingerprint density at radius 2 is 2.41 bits per heavy atom. The van der Waals surface area contributed by atoms with Crippen LogP contribution in [0.4, 0.5) is 0 Å². The van der Waals surface area contributed by atoms with E-state index in [1.807, 2.05) is 24.3 Å². The molecule has 1 unspecified atom stereocenters. The molecule has 0 saturated heterocycles. The number of nitrogens with one attached hydrogen (secondary N) is 1. The number of aromatic nitrogens is 2. The Labute approximate surface area is 104 Å². The smallest absolute Gasteiger partial charge is 0.119 e. The SMILES string of the molecule is COc1cccc(CC(NN)c2cnsn2)c1. The minimum atomic E-state index is -0.0270. The van der Waals surface area contributed by atoms with Crippen LogP contribution in [0, 0.1) is 0 Å². The molecular formula is C11H14N4OS. The van der Waals surface area contributed by atoms with Gasteiger partial charge in [-0.1, -0.05) is 12.1 Å². The van der Waals surface area contributed by atoms with E-state index in [0.29, 0.717) is 0 Å². The van der Waals surface area contributed by atoms with Gasteiger partial charge >= 0.3 is 0 Å². The number of methoxy groups -OCH3 is 1. The zero-order valence-electron chi connectivity index (χ0n) is 9.46. The lowest BCUT2D eigenvalue weighted by molar-refractivity contribution is 0.413. The summed E-state index contributed by atoms with van der Waals surface area (Å²) in [6, 6.07) is 7.87. The van der Waals surface area contributed by atoms with Crippen molar-refractivity contribution in [3.05, 3.63) is 41.7 Å². The summed E-state index contributed by atoms with van der Waals surface area (Å²) in [5.74, 6) is 6.38. The third-order valence-electron chi connectivity index (χ3n) is 2.51. The second-order valence-corrected chi connectivity index (χ2v) is 4.16. The van der Waals surface area contributed by atoms with Gasteiger partial charge in [0.1, 0.15) is 5.75 Å². The molecule has 17 heavy (non-hydrogen) atoms. The third-order valence-corrected chi connectivity index (χ3v) is 3.00. The molecule has 1 aromatic heterocycles. The summed E-state index contributed by atoms with van der Waals surface area (Å²) >= 11 is 1.18. The molecule has 0 spiro atoms. The van der Waals surface area contributed by atoms with Crippen molar-refractivity contribution in [3.63, 3.8) is 0 Å². The van der Waals surface area contributed by atoms with Crippen LogP contribution in [0.3, 0.4) is 0 Å². The molecule has 5 nitrogen and oxygen atoms in total. The van der Waals surface area contributed by atoms with E-state index in [1.54, 1.807) is 13.3 Å². The first-order chi connectivity index (χ1) is 8.33. The van der Waals surface area contributed by atoms with Gasteiger partial charge in [0.2, 0.25) is 0 Å². The van der Waals surface area contributed by atoms with Crippen molar-refractivity contribution in [3.8, 4) is 5.75 Å². The summed E-state index contributed by atoms with van der Waals surface area (Å²) in [5, 5.41) is 0. The van der Waals surface area contributed by atoms with Gasteiger partial charge in [-0.05, 0) is 24.1 Å². The molecule has 0 aliphatic rings. The van der Waals surface area contributed by atoms with E-state index in [4.69, 9.17) is 10.6 Å². The third kappa shape index (κ3) is 3.00. The van der Waals surface area contributed by atoms with E-state index in [2.05, 4.69) is 14.2 Å². The summed E-state index contributed by atoms with van der Waals surface area (Å²) in [6.07, 6.45) is 2.48. The molecule has 1 aromatic carbocycles. The Bertz CT molecular complexity index is 460. The molecule has 6 heteroatoms. The van der Waals surface area contributed by atoms with E-state index in [-0.39, 0.29) is 6.04 Å². The first-order valence-corrected chi connectivity index (χ1v) is 5.93. The van der Waals surface area contributed by atoms with Crippen molar-refractivity contribution in [2.45, 2.75) is 12.5 Å². The minimum absolute atomic E-state index is 0.0270. The Balaban J connectivity index is 2.13. The van der Waals surface area contributed by atoms with Crippen LogP contribution in [0.5, 0.6) is 5.75 Å². The van der Waals surface area contributed by atoms with E-state index in [1.165, 1.54) is 11.7 Å². The fourth-order valence-electron chi connectivity index (χ4n) is 1.61. The highest BCUT2D eigenvalue weighted by atomic mass is 32.1. The highest BCUT2D eigenvalue weighted by Crippen LogP contribution is 2.19. The number of benzene rings is 1. The standard InChI is InChI=1S/C11H14N4OS/c1-16-9-4-2-3-8(5-9)6-10(14-12)11-7-13-17-15-11/h2-5,7,10,14H,6,12H2,1H3. The van der Waals surface area contributed by atoms with Crippen LogP contribution in [0.1, 0.15) is 17.3 Å². The van der Waals surface area contributed by atoms with Crippen molar-refractivity contribution in [1.82, 2.24) is 14.2 Å². The Morgan fingerprint density at radius 1 is 1.53 bits per heavy atom. The fourth-order valence-corrected chi connectivity index (χ4v) is 2.08. The van der Waals surface area contributed by atoms with Gasteiger partial charge in [-0.25, -0.2) is 0 Å². The van der Waals surface area contributed by atoms with Crippen molar-refractivity contribution in [1.29, 1.82) is 0 Å². The zero-order valence-corrected chi connectivity index (χ0v) is 10.3. The highest BCUT2D eigenvalue weighted by molar-refractivity contribution is 6.99. The average Bonchev–Trinajstić information content (AvgIpc) is 2.90. The maximum Gasteiger partial charge on any atom is 0.119 e. The zero-order chi connectivity index (χ0) is 12.1. The Kier molecular flexibility index (Phi) is 4.03. The number of hydrogen-bond donors (Lipinski definition) is 2. The minimum Gasteiger partial charge on any atom is -0.497 e. The molecule has 1 heterocycles. The molecule has 3 N–H and O–H groups in total. The Morgan fingerprint density at radius 3 is 3.06 bits per heavy atom. The lowest BCUT2D eigenvalue weighted by Crippen LogP contribution is -2.29. The summed E-state index contributed by atoms with van der Waals surface area (Å²) in [4.78, 5) is 0. The lowest BCUT2D eigenvalue weighted by Gasteiger charge is -2.13. The van der Waals surface area contributed by atoms with Gasteiger partial charge in [-0.3, -0.25) is 11.3 Å². The monoisotopic (exact) mass is 250 g/mol. The molecule has 0 amide bonds. The number of nitrogens with zero attached hydrogens (tertiary/aromatic N) is 2. The topological polar surface area (TPSA) is 73.1 Å². The van der Waals surface area contributed by atoms with Crippen LogP contribution in [0.2, 0.25) is 0 Å². The van der Waals surface area contributed by atoms with Gasteiger partial charge in [0.05, 0.1) is 36.8 Å². The number of rotatable bonds is 5. The highest BCUT2D eigenvalue weighted by Gasteiger charge is 2.13. The maximum atomic E-state index is 5.54. The van der Waals surface area contributed by atoms with E-state index < -0.39 is 0 Å². The van der Waals surface area contributed by atoms with Gasteiger partial charge in [0, 0.05) is 0 Å². The summed E-state index contributed by atoms with van der Waals surface area (Å²) in [7, 11) is 1.65. The quantitative estimate of drug-likeness (QED) is 0.618. The predicted molar refractivity (Wildman–Crippen MR) is 66.7 cm³/mol. The molecule has 1 atom stereocenters. The van der Waals surface area contributed by atoms with Gasteiger partial charge in [-0.15, -0.1) is 0 Å². The molecule has 2 rings (SSSR count). The second kappa shape index (κ2) is 5.72. The molecule has 0 saturated carbocycles. The average molecular weight is 250 g/mol. The van der Waals surface area contributed by atoms with E-state index in [9.17, 15) is 0 Å². The molecular weight excluding hydrogens is 236 g/mol. The first kappa shape index (κ1) is 12.0. The van der Waals surface area contributed by atoms with Gasteiger partial charge in [0.25, 0.3) is 0 Å². The number of nitrogens with two attached hydrogens (primary N) is 1. The van der Waals surface area contributed by atoms with Gasteiger partial charge in [-0.2, -0.15) is 8.75 Å². The van der Waals surface area contributed by atoms with Crippen molar-refractivity contribution in [2.75, 3.05) is 7.11 Å². The number of hydrogen-bond acceptors (Lipinski definition) is 6. The molecule has 0 bridgehead atoms. The molecule has 2 aromatic rings. The fraction of sp³-hybridized carbons (Fsp3) is 0.273. The van der Waals surface area contributed by atoms with Crippen molar-refractivity contribution in [2.24, 2.45) is 5.84 Å². The predicted octanol–water partition coefficient (Wildman–Crippen LogP) is 1.29. The van der Waals surface area contributed by atoms with Crippen LogP contribution in [-0.4, -0.2) is 15.9 Å². The summed E-state index contributed by atoms with van der Waals surface area (Å²) in [6.45, 7) is 0. The normalized spacial score (nSPS) is 12.4. The maximum absolute atomic E-state index is 5.54. The molecule has 0 fully saturated rings. The van der Waals surface area contributed by atoms with Crippen LogP contribution in [0.15, 0.2) is 30.5 Å². The van der Waals surface area contributed by atoms with Crippen molar-refractivity contribution >= 4 is 11.7 Å². The number of hydrazine groups is 1. The molecule has 0 aliphatic carbocycles. The van der Waals surface area contributed by atoms with E-state index >= 15 is 0 Å². The van der Waals surface area contributed by atoms with Crippen LogP contribution in [-0.2, 0) is 6.42 Å².